The normalized spacial score (nSPS) is 23.3. The van der Waals surface area contributed by atoms with E-state index < -0.39 is 0 Å². The molecule has 1 fully saturated rings. The molecule has 1 aromatic carbocycles. The van der Waals surface area contributed by atoms with Crippen LogP contribution in [0.1, 0.15) is 57.3 Å². The van der Waals surface area contributed by atoms with Crippen LogP contribution in [-0.4, -0.2) is 6.04 Å². The van der Waals surface area contributed by atoms with E-state index in [1.807, 2.05) is 0 Å². The second-order valence-electron chi connectivity index (χ2n) is 6.46. The van der Waals surface area contributed by atoms with Gasteiger partial charge in [-0.15, -0.1) is 0 Å². The Balaban J connectivity index is 1.77. The molecule has 0 bridgehead atoms. The molecule has 114 valence electrons. The molecule has 2 unspecified atom stereocenters. The van der Waals surface area contributed by atoms with E-state index in [2.05, 4.69) is 43.4 Å². The predicted molar refractivity (Wildman–Crippen MR) is 88.5 cm³/mol. The van der Waals surface area contributed by atoms with E-state index in [4.69, 9.17) is 4.42 Å². The van der Waals surface area contributed by atoms with Crippen LogP contribution in [0.25, 0.3) is 11.0 Å². The third-order valence-corrected chi connectivity index (χ3v) is 5.01. The average Bonchev–Trinajstić information content (AvgIpc) is 2.74. The second-order valence-corrected chi connectivity index (χ2v) is 6.46. The lowest BCUT2D eigenvalue weighted by molar-refractivity contribution is 0.355. The Labute approximate surface area is 127 Å². The molecule has 1 aliphatic rings. The van der Waals surface area contributed by atoms with Gasteiger partial charge in [-0.25, -0.2) is 0 Å². The fourth-order valence-electron chi connectivity index (χ4n) is 3.66. The molecule has 1 aromatic heterocycles. The Bertz CT molecular complexity index is 586. The lowest BCUT2D eigenvalue weighted by atomic mass is 9.96. The Kier molecular flexibility index (Phi) is 4.64. The predicted octanol–water partition coefficient (Wildman–Crippen LogP) is 5.05. The van der Waals surface area contributed by atoms with Crippen molar-refractivity contribution in [2.45, 2.75) is 65.0 Å². The number of hydrogen-bond acceptors (Lipinski definition) is 2. The van der Waals surface area contributed by atoms with Crippen molar-refractivity contribution in [3.05, 3.63) is 35.6 Å². The fourth-order valence-corrected chi connectivity index (χ4v) is 3.66. The van der Waals surface area contributed by atoms with Crippen LogP contribution in [0, 0.1) is 5.92 Å². The summed E-state index contributed by atoms with van der Waals surface area (Å²) < 4.78 is 6.00. The molecule has 0 saturated heterocycles. The fraction of sp³-hybridized carbons (Fsp3) is 0.579. The van der Waals surface area contributed by atoms with Gasteiger partial charge in [0.2, 0.25) is 0 Å². The van der Waals surface area contributed by atoms with Crippen LogP contribution in [0.2, 0.25) is 0 Å². The van der Waals surface area contributed by atoms with Crippen LogP contribution in [0.4, 0.5) is 0 Å². The lowest BCUT2D eigenvalue weighted by Gasteiger charge is -2.23. The first-order valence-corrected chi connectivity index (χ1v) is 8.52. The van der Waals surface area contributed by atoms with E-state index in [0.29, 0.717) is 6.04 Å². The smallest absolute Gasteiger partial charge is 0.134 e. The summed E-state index contributed by atoms with van der Waals surface area (Å²) in [6.45, 7) is 5.52. The second kappa shape index (κ2) is 6.65. The number of aryl methyl sites for hydroxylation is 1. The van der Waals surface area contributed by atoms with Gasteiger partial charge >= 0.3 is 0 Å². The molecule has 1 saturated carbocycles. The van der Waals surface area contributed by atoms with Crippen molar-refractivity contribution in [3.8, 4) is 0 Å². The van der Waals surface area contributed by atoms with Gasteiger partial charge in [0.05, 0.1) is 0 Å². The first kappa shape index (κ1) is 14.6. The Hall–Kier alpha value is -1.28. The van der Waals surface area contributed by atoms with Gasteiger partial charge in [-0.3, -0.25) is 0 Å². The van der Waals surface area contributed by atoms with Crippen molar-refractivity contribution in [2.75, 3.05) is 0 Å². The molecule has 1 N–H and O–H groups in total. The topological polar surface area (TPSA) is 25.2 Å². The molecule has 1 heterocycles. The number of benzene rings is 1. The van der Waals surface area contributed by atoms with Crippen molar-refractivity contribution in [1.29, 1.82) is 0 Å². The van der Waals surface area contributed by atoms with Gasteiger partial charge in [-0.1, -0.05) is 51.3 Å². The highest BCUT2D eigenvalue weighted by atomic mass is 16.3. The minimum Gasteiger partial charge on any atom is -0.461 e. The summed E-state index contributed by atoms with van der Waals surface area (Å²) in [6.07, 6.45) is 7.81. The molecule has 0 radical (unpaired) electrons. The van der Waals surface area contributed by atoms with Crippen LogP contribution in [-0.2, 0) is 13.0 Å². The van der Waals surface area contributed by atoms with Crippen LogP contribution >= 0.6 is 0 Å². The van der Waals surface area contributed by atoms with Crippen molar-refractivity contribution >= 4 is 11.0 Å². The number of furan rings is 1. The lowest BCUT2D eigenvalue weighted by Crippen LogP contribution is -2.33. The molecule has 2 heteroatoms. The number of rotatable bonds is 4. The molecule has 0 amide bonds. The Morgan fingerprint density at radius 3 is 2.81 bits per heavy atom. The zero-order valence-electron chi connectivity index (χ0n) is 13.3. The molecular formula is C19H27NO. The molecule has 2 atom stereocenters. The van der Waals surface area contributed by atoms with Gasteiger partial charge in [0, 0.05) is 30.0 Å². The summed E-state index contributed by atoms with van der Waals surface area (Å²) in [6, 6.07) is 9.08. The highest BCUT2D eigenvalue weighted by Crippen LogP contribution is 2.28. The standard InChI is InChI=1S/C19H27NO/c1-3-18-16(15-10-7-8-12-19(15)21-18)13-20-17-11-6-4-5-9-14(17)2/h7-8,10,12,14,17,20H,3-6,9,11,13H2,1-2H3. The van der Waals surface area contributed by atoms with Gasteiger partial charge in [-0.05, 0) is 24.8 Å². The highest BCUT2D eigenvalue weighted by Gasteiger charge is 2.20. The molecular weight excluding hydrogens is 258 g/mol. The number of hydrogen-bond donors (Lipinski definition) is 1. The minimum atomic E-state index is 0.658. The summed E-state index contributed by atoms with van der Waals surface area (Å²) >= 11 is 0. The maximum Gasteiger partial charge on any atom is 0.134 e. The third kappa shape index (κ3) is 3.16. The zero-order chi connectivity index (χ0) is 14.7. The van der Waals surface area contributed by atoms with E-state index in [0.717, 1.165) is 30.2 Å². The van der Waals surface area contributed by atoms with Crippen molar-refractivity contribution in [3.63, 3.8) is 0 Å². The number of fused-ring (bicyclic) bond motifs is 1. The average molecular weight is 285 g/mol. The molecule has 0 aliphatic heterocycles. The van der Waals surface area contributed by atoms with Crippen LogP contribution in [0.15, 0.2) is 28.7 Å². The van der Waals surface area contributed by atoms with Crippen molar-refractivity contribution in [2.24, 2.45) is 5.92 Å². The van der Waals surface area contributed by atoms with Crippen molar-refractivity contribution < 1.29 is 4.42 Å². The van der Waals surface area contributed by atoms with Crippen LogP contribution in [0.5, 0.6) is 0 Å². The SMILES string of the molecule is CCc1oc2ccccc2c1CNC1CCCCCC1C. The molecule has 3 rings (SSSR count). The maximum atomic E-state index is 6.00. The molecule has 2 nitrogen and oxygen atoms in total. The number of para-hydroxylation sites is 1. The summed E-state index contributed by atoms with van der Waals surface area (Å²) in [4.78, 5) is 0. The third-order valence-electron chi connectivity index (χ3n) is 5.01. The van der Waals surface area contributed by atoms with Gasteiger partial charge in [-0.2, -0.15) is 0 Å². The van der Waals surface area contributed by atoms with Gasteiger partial charge in [0.1, 0.15) is 11.3 Å². The Morgan fingerprint density at radius 2 is 1.95 bits per heavy atom. The molecule has 0 spiro atoms. The highest BCUT2D eigenvalue weighted by molar-refractivity contribution is 5.82. The number of nitrogens with one attached hydrogen (secondary N) is 1. The summed E-state index contributed by atoms with van der Waals surface area (Å²) in [7, 11) is 0. The summed E-state index contributed by atoms with van der Waals surface area (Å²) in [5.41, 5.74) is 2.39. The molecule has 2 aromatic rings. The van der Waals surface area contributed by atoms with Gasteiger partial charge in [0.25, 0.3) is 0 Å². The summed E-state index contributed by atoms with van der Waals surface area (Å²) in [5, 5.41) is 5.10. The van der Waals surface area contributed by atoms with E-state index in [9.17, 15) is 0 Å². The molecule has 1 aliphatic carbocycles. The largest absolute Gasteiger partial charge is 0.461 e. The van der Waals surface area contributed by atoms with E-state index >= 15 is 0 Å². The zero-order valence-corrected chi connectivity index (χ0v) is 13.3. The monoisotopic (exact) mass is 285 g/mol. The van der Waals surface area contributed by atoms with E-state index in [1.165, 1.54) is 43.1 Å². The van der Waals surface area contributed by atoms with Crippen LogP contribution in [0.3, 0.4) is 0 Å². The minimum absolute atomic E-state index is 0.658. The van der Waals surface area contributed by atoms with E-state index in [-0.39, 0.29) is 0 Å². The first-order chi connectivity index (χ1) is 10.3. The quantitative estimate of drug-likeness (QED) is 0.795. The summed E-state index contributed by atoms with van der Waals surface area (Å²) in [5.74, 6) is 1.93. The van der Waals surface area contributed by atoms with E-state index in [1.54, 1.807) is 0 Å². The van der Waals surface area contributed by atoms with Gasteiger partial charge in [0.15, 0.2) is 0 Å². The Morgan fingerprint density at radius 1 is 1.14 bits per heavy atom. The molecule has 21 heavy (non-hydrogen) atoms. The van der Waals surface area contributed by atoms with Crippen molar-refractivity contribution in [1.82, 2.24) is 5.32 Å². The van der Waals surface area contributed by atoms with Gasteiger partial charge < -0.3 is 9.73 Å². The maximum absolute atomic E-state index is 6.00. The van der Waals surface area contributed by atoms with Crippen LogP contribution < -0.4 is 5.32 Å². The first-order valence-electron chi connectivity index (χ1n) is 8.52.